The Morgan fingerprint density at radius 1 is 1.15 bits per heavy atom. The summed E-state index contributed by atoms with van der Waals surface area (Å²) in [6, 6.07) is 11.9. The number of rotatable bonds is 5. The lowest BCUT2D eigenvalue weighted by Gasteiger charge is -2.09. The molecule has 0 aliphatic carbocycles. The number of halogens is 1. The molecule has 3 rings (SSSR count). The zero-order chi connectivity index (χ0) is 17.6. The second-order valence-corrected chi connectivity index (χ2v) is 6.85. The van der Waals surface area contributed by atoms with E-state index in [0.29, 0.717) is 19.0 Å². The van der Waals surface area contributed by atoms with Gasteiger partial charge in [0.05, 0.1) is 23.8 Å². The van der Waals surface area contributed by atoms with Crippen LogP contribution in [0, 0.1) is 13.8 Å². The number of nitrogens with zero attached hydrogens (tertiary/aromatic N) is 3. The van der Waals surface area contributed by atoms with Crippen LogP contribution in [0.1, 0.15) is 21.3 Å². The molecular weight excluding hydrogens is 461 g/mol. The first-order valence-corrected chi connectivity index (χ1v) is 8.86. The quantitative estimate of drug-likeness (QED) is 0.327. The maximum absolute atomic E-state index is 5.40. The molecular formula is C18H22IN5OS. The molecule has 0 spiro atoms. The highest BCUT2D eigenvalue weighted by molar-refractivity contribution is 14.0. The van der Waals surface area contributed by atoms with Crippen molar-refractivity contribution in [1.29, 1.82) is 0 Å². The second-order valence-electron chi connectivity index (χ2n) is 5.57. The largest absolute Gasteiger partial charge is 0.359 e. The Hall–Kier alpha value is -1.94. The van der Waals surface area contributed by atoms with Crippen molar-refractivity contribution in [2.45, 2.75) is 26.9 Å². The average Bonchev–Trinajstić information content (AvgIpc) is 3.22. The number of hydrogen-bond donors (Lipinski definition) is 2. The van der Waals surface area contributed by atoms with Crippen molar-refractivity contribution in [3.05, 3.63) is 57.7 Å². The van der Waals surface area contributed by atoms with Crippen LogP contribution in [-0.2, 0) is 13.1 Å². The van der Waals surface area contributed by atoms with Crippen LogP contribution < -0.4 is 10.6 Å². The summed E-state index contributed by atoms with van der Waals surface area (Å²) in [5.74, 6) is 1.47. The molecule has 3 aromatic rings. The van der Waals surface area contributed by atoms with Gasteiger partial charge < -0.3 is 15.2 Å². The molecule has 0 fully saturated rings. The summed E-state index contributed by atoms with van der Waals surface area (Å²) in [7, 11) is 1.75. The predicted molar refractivity (Wildman–Crippen MR) is 116 cm³/mol. The van der Waals surface area contributed by atoms with Crippen LogP contribution in [0.4, 0.5) is 0 Å². The van der Waals surface area contributed by atoms with Gasteiger partial charge in [-0.15, -0.1) is 35.3 Å². The first-order chi connectivity index (χ1) is 12.2. The SMILES string of the molecule is CN=C(NCc1cc(-c2ccccc2)no1)NCc1sc(C)nc1C.I. The lowest BCUT2D eigenvalue weighted by Crippen LogP contribution is -2.36. The van der Waals surface area contributed by atoms with Gasteiger partial charge in [0.2, 0.25) is 0 Å². The fourth-order valence-corrected chi connectivity index (χ4v) is 3.31. The molecule has 26 heavy (non-hydrogen) atoms. The zero-order valence-corrected chi connectivity index (χ0v) is 18.1. The third kappa shape index (κ3) is 5.28. The molecule has 0 saturated heterocycles. The first kappa shape index (κ1) is 20.4. The summed E-state index contributed by atoms with van der Waals surface area (Å²) in [4.78, 5) is 9.89. The summed E-state index contributed by atoms with van der Waals surface area (Å²) < 4.78 is 5.40. The number of aryl methyl sites for hydroxylation is 2. The van der Waals surface area contributed by atoms with Gasteiger partial charge >= 0.3 is 0 Å². The van der Waals surface area contributed by atoms with E-state index in [2.05, 4.69) is 25.8 Å². The molecule has 0 radical (unpaired) electrons. The van der Waals surface area contributed by atoms with Gasteiger partial charge in [0.1, 0.15) is 5.69 Å². The van der Waals surface area contributed by atoms with Crippen LogP contribution in [0.5, 0.6) is 0 Å². The molecule has 0 bridgehead atoms. The summed E-state index contributed by atoms with van der Waals surface area (Å²) in [5.41, 5.74) is 2.93. The molecule has 6 nitrogen and oxygen atoms in total. The number of nitrogens with one attached hydrogen (secondary N) is 2. The summed E-state index contributed by atoms with van der Waals surface area (Å²) in [6.07, 6.45) is 0. The van der Waals surface area contributed by atoms with Crippen LogP contribution in [-0.4, -0.2) is 23.1 Å². The van der Waals surface area contributed by atoms with Crippen LogP contribution in [0.3, 0.4) is 0 Å². The minimum absolute atomic E-state index is 0. The smallest absolute Gasteiger partial charge is 0.191 e. The number of aromatic nitrogens is 2. The van der Waals surface area contributed by atoms with Crippen LogP contribution in [0.15, 0.2) is 45.9 Å². The van der Waals surface area contributed by atoms with Gasteiger partial charge in [0.25, 0.3) is 0 Å². The number of hydrogen-bond acceptors (Lipinski definition) is 5. The number of guanidine groups is 1. The van der Waals surface area contributed by atoms with Crippen molar-refractivity contribution in [2.24, 2.45) is 4.99 Å². The van der Waals surface area contributed by atoms with Gasteiger partial charge in [-0.25, -0.2) is 4.98 Å². The molecule has 0 aliphatic heterocycles. The molecule has 0 aliphatic rings. The van der Waals surface area contributed by atoms with E-state index in [9.17, 15) is 0 Å². The van der Waals surface area contributed by atoms with Crippen molar-refractivity contribution in [2.75, 3.05) is 7.05 Å². The van der Waals surface area contributed by atoms with E-state index < -0.39 is 0 Å². The van der Waals surface area contributed by atoms with Crippen LogP contribution >= 0.6 is 35.3 Å². The summed E-state index contributed by atoms with van der Waals surface area (Å²) >= 11 is 1.70. The highest BCUT2D eigenvalue weighted by atomic mass is 127. The van der Waals surface area contributed by atoms with Gasteiger partial charge in [0.15, 0.2) is 11.7 Å². The molecule has 0 saturated carbocycles. The van der Waals surface area contributed by atoms with E-state index in [0.717, 1.165) is 27.7 Å². The first-order valence-electron chi connectivity index (χ1n) is 8.04. The predicted octanol–water partition coefficient (Wildman–Crippen LogP) is 3.90. The van der Waals surface area contributed by atoms with E-state index in [1.807, 2.05) is 50.2 Å². The van der Waals surface area contributed by atoms with Crippen molar-refractivity contribution in [3.8, 4) is 11.3 Å². The minimum Gasteiger partial charge on any atom is -0.359 e. The Labute approximate surface area is 174 Å². The third-order valence-corrected chi connectivity index (χ3v) is 4.77. The van der Waals surface area contributed by atoms with Crippen molar-refractivity contribution < 1.29 is 4.52 Å². The molecule has 2 N–H and O–H groups in total. The standard InChI is InChI=1S/C18H21N5OS.HI/c1-12-17(25-13(2)22-12)11-21-18(19-3)20-10-15-9-16(23-24-15)14-7-5-4-6-8-14;/h4-9H,10-11H2,1-3H3,(H2,19,20,21);1H. The maximum atomic E-state index is 5.40. The van der Waals surface area contributed by atoms with Crippen molar-refractivity contribution >= 4 is 41.3 Å². The maximum Gasteiger partial charge on any atom is 0.191 e. The fraction of sp³-hybridized carbons (Fsp3) is 0.278. The van der Waals surface area contributed by atoms with E-state index in [1.165, 1.54) is 4.88 Å². The highest BCUT2D eigenvalue weighted by Crippen LogP contribution is 2.18. The molecule has 138 valence electrons. The lowest BCUT2D eigenvalue weighted by atomic mass is 10.1. The molecule has 1 aromatic carbocycles. The number of aliphatic imine (C=N–C) groups is 1. The van der Waals surface area contributed by atoms with E-state index in [-0.39, 0.29) is 24.0 Å². The number of thiazole rings is 1. The summed E-state index contributed by atoms with van der Waals surface area (Å²) in [6.45, 7) is 5.25. The second kappa shape index (κ2) is 9.67. The van der Waals surface area contributed by atoms with Crippen LogP contribution in [0.2, 0.25) is 0 Å². The normalized spacial score (nSPS) is 11.1. The van der Waals surface area contributed by atoms with Crippen LogP contribution in [0.25, 0.3) is 11.3 Å². The van der Waals surface area contributed by atoms with Gasteiger partial charge in [-0.3, -0.25) is 4.99 Å². The number of benzene rings is 1. The Morgan fingerprint density at radius 3 is 2.54 bits per heavy atom. The Bertz CT molecular complexity index is 860. The molecule has 2 aromatic heterocycles. The van der Waals surface area contributed by atoms with Gasteiger partial charge in [-0.05, 0) is 13.8 Å². The van der Waals surface area contributed by atoms with E-state index in [1.54, 1.807) is 18.4 Å². The molecule has 8 heteroatoms. The third-order valence-electron chi connectivity index (χ3n) is 3.70. The van der Waals surface area contributed by atoms with Gasteiger partial charge in [-0.2, -0.15) is 0 Å². The Balaban J connectivity index is 0.00000243. The van der Waals surface area contributed by atoms with E-state index in [4.69, 9.17) is 4.52 Å². The summed E-state index contributed by atoms with van der Waals surface area (Å²) in [5, 5.41) is 11.7. The zero-order valence-electron chi connectivity index (χ0n) is 14.9. The minimum atomic E-state index is 0. The highest BCUT2D eigenvalue weighted by Gasteiger charge is 2.08. The van der Waals surface area contributed by atoms with Gasteiger partial charge in [0, 0.05) is 23.6 Å². The Kier molecular flexibility index (Phi) is 7.58. The molecule has 0 atom stereocenters. The molecule has 2 heterocycles. The molecule has 0 amide bonds. The van der Waals surface area contributed by atoms with E-state index >= 15 is 0 Å². The van der Waals surface area contributed by atoms with Gasteiger partial charge in [-0.1, -0.05) is 35.5 Å². The average molecular weight is 483 g/mol. The molecule has 0 unspecified atom stereocenters. The topological polar surface area (TPSA) is 75.3 Å². The Morgan fingerprint density at radius 2 is 1.88 bits per heavy atom. The fourth-order valence-electron chi connectivity index (χ4n) is 2.43. The lowest BCUT2D eigenvalue weighted by molar-refractivity contribution is 0.382. The van der Waals surface area contributed by atoms with Crippen molar-refractivity contribution in [3.63, 3.8) is 0 Å². The van der Waals surface area contributed by atoms with Crippen molar-refractivity contribution in [1.82, 2.24) is 20.8 Å². The monoisotopic (exact) mass is 483 g/mol.